The molecule has 2 aliphatic rings. The van der Waals surface area contributed by atoms with Gasteiger partial charge in [0.2, 0.25) is 0 Å². The van der Waals surface area contributed by atoms with Crippen molar-refractivity contribution in [2.75, 3.05) is 26.7 Å². The summed E-state index contributed by atoms with van der Waals surface area (Å²) in [5, 5.41) is 2.53. The number of carbonyl (C=O) groups is 2. The van der Waals surface area contributed by atoms with Crippen molar-refractivity contribution in [3.63, 3.8) is 0 Å². The second kappa shape index (κ2) is 8.83. The molecule has 2 fully saturated rings. The number of likely N-dealkylation sites (N-methyl/N-ethyl adjacent to an activating group) is 1. The molecule has 0 radical (unpaired) electrons. The highest BCUT2D eigenvalue weighted by atomic mass is 16.2. The van der Waals surface area contributed by atoms with Crippen LogP contribution in [0, 0.1) is 0 Å². The number of benzene rings is 3. The van der Waals surface area contributed by atoms with Crippen molar-refractivity contribution >= 4 is 28.8 Å². The first kappa shape index (κ1) is 21.4. The Hall–Kier alpha value is -3.44. The number of urea groups is 1. The number of hydrogen-bond donors (Lipinski definition) is 0. The van der Waals surface area contributed by atoms with Crippen molar-refractivity contribution in [2.45, 2.75) is 24.9 Å². The smallest absolute Gasteiger partial charge is 0.312 e. The standard InChI is InChI=1S/C28H29N3O2/c1-29-27(33)31(18-8-11-22-9-3-2-4-10-22)26(32)28(29)16-19-30(20-17-28)21-24-14-7-13-23-12-5-6-15-25(23)24/h2-15H,16-21H2,1H3/b11-8+. The summed E-state index contributed by atoms with van der Waals surface area (Å²) in [6.07, 6.45) is 5.18. The molecule has 1 spiro atoms. The zero-order valence-electron chi connectivity index (χ0n) is 19.0. The van der Waals surface area contributed by atoms with Gasteiger partial charge in [-0.25, -0.2) is 4.79 Å². The highest BCUT2D eigenvalue weighted by Gasteiger charge is 2.56. The van der Waals surface area contributed by atoms with Crippen LogP contribution >= 0.6 is 0 Å². The van der Waals surface area contributed by atoms with Crippen LogP contribution in [0.2, 0.25) is 0 Å². The number of imide groups is 1. The van der Waals surface area contributed by atoms with E-state index in [4.69, 9.17) is 0 Å². The fourth-order valence-corrected chi connectivity index (χ4v) is 5.17. The minimum atomic E-state index is -0.715. The van der Waals surface area contributed by atoms with Gasteiger partial charge in [0.25, 0.3) is 5.91 Å². The maximum absolute atomic E-state index is 13.4. The summed E-state index contributed by atoms with van der Waals surface area (Å²) in [7, 11) is 1.78. The van der Waals surface area contributed by atoms with Gasteiger partial charge < -0.3 is 4.90 Å². The minimum absolute atomic E-state index is 0.0578. The predicted octanol–water partition coefficient (Wildman–Crippen LogP) is 4.78. The van der Waals surface area contributed by atoms with Crippen molar-refractivity contribution in [2.24, 2.45) is 0 Å². The minimum Gasteiger partial charge on any atom is -0.312 e. The average molecular weight is 440 g/mol. The molecule has 0 unspecified atom stereocenters. The van der Waals surface area contributed by atoms with Gasteiger partial charge in [-0.05, 0) is 34.7 Å². The van der Waals surface area contributed by atoms with Gasteiger partial charge in [0.15, 0.2) is 0 Å². The molecule has 5 nitrogen and oxygen atoms in total. The van der Waals surface area contributed by atoms with Crippen LogP contribution in [-0.4, -0.2) is 58.9 Å². The quantitative estimate of drug-likeness (QED) is 0.538. The molecular formula is C28H29N3O2. The SMILES string of the molecule is CN1C(=O)N(C/C=C/c2ccccc2)C(=O)C12CCN(Cc1cccc3ccccc13)CC2. The van der Waals surface area contributed by atoms with Gasteiger partial charge in [-0.15, -0.1) is 0 Å². The Morgan fingerprint density at radius 3 is 2.36 bits per heavy atom. The molecule has 2 heterocycles. The number of likely N-dealkylation sites (tertiary alicyclic amines) is 1. The van der Waals surface area contributed by atoms with Gasteiger partial charge in [0.1, 0.15) is 5.54 Å². The van der Waals surface area contributed by atoms with Gasteiger partial charge in [0.05, 0.1) is 0 Å². The third kappa shape index (κ3) is 3.93. The lowest BCUT2D eigenvalue weighted by Gasteiger charge is -2.41. The largest absolute Gasteiger partial charge is 0.327 e. The van der Waals surface area contributed by atoms with Crippen molar-refractivity contribution in [1.82, 2.24) is 14.7 Å². The first-order chi connectivity index (χ1) is 16.1. The summed E-state index contributed by atoms with van der Waals surface area (Å²) in [6, 6.07) is 24.6. The van der Waals surface area contributed by atoms with E-state index in [0.717, 1.165) is 25.2 Å². The lowest BCUT2D eigenvalue weighted by molar-refractivity contribution is -0.135. The molecule has 5 heteroatoms. The Balaban J connectivity index is 1.26. The van der Waals surface area contributed by atoms with Crippen molar-refractivity contribution < 1.29 is 9.59 Å². The summed E-state index contributed by atoms with van der Waals surface area (Å²) < 4.78 is 0. The third-order valence-corrected chi connectivity index (χ3v) is 7.16. The molecule has 5 rings (SSSR count). The Labute approximate surface area is 194 Å². The second-order valence-electron chi connectivity index (χ2n) is 9.02. The van der Waals surface area contributed by atoms with E-state index >= 15 is 0 Å². The first-order valence-electron chi connectivity index (χ1n) is 11.6. The zero-order chi connectivity index (χ0) is 22.8. The van der Waals surface area contributed by atoms with Crippen LogP contribution in [0.25, 0.3) is 16.8 Å². The van der Waals surface area contributed by atoms with Crippen LogP contribution in [0.15, 0.2) is 78.9 Å². The number of carbonyl (C=O) groups excluding carboxylic acids is 2. The predicted molar refractivity (Wildman–Crippen MR) is 132 cm³/mol. The number of hydrogen-bond acceptors (Lipinski definition) is 3. The van der Waals surface area contributed by atoms with E-state index in [9.17, 15) is 9.59 Å². The molecule has 0 atom stereocenters. The molecule has 33 heavy (non-hydrogen) atoms. The van der Waals surface area contributed by atoms with Gasteiger partial charge in [-0.2, -0.15) is 0 Å². The molecule has 0 aromatic heterocycles. The monoisotopic (exact) mass is 439 g/mol. The summed E-state index contributed by atoms with van der Waals surface area (Å²) >= 11 is 0. The van der Waals surface area contributed by atoms with Crippen molar-refractivity contribution in [3.8, 4) is 0 Å². The molecule has 2 aliphatic heterocycles. The molecule has 3 aromatic carbocycles. The van der Waals surface area contributed by atoms with Crippen molar-refractivity contribution in [1.29, 1.82) is 0 Å². The summed E-state index contributed by atoms with van der Waals surface area (Å²) in [5.41, 5.74) is 1.65. The number of piperidine rings is 1. The molecule has 3 aromatic rings. The third-order valence-electron chi connectivity index (χ3n) is 7.16. The lowest BCUT2D eigenvalue weighted by atomic mass is 9.86. The van der Waals surface area contributed by atoms with Crippen molar-refractivity contribution in [3.05, 3.63) is 90.0 Å². The van der Waals surface area contributed by atoms with E-state index in [0.29, 0.717) is 19.4 Å². The maximum Gasteiger partial charge on any atom is 0.327 e. The molecule has 0 bridgehead atoms. The summed E-state index contributed by atoms with van der Waals surface area (Å²) in [5.74, 6) is -0.0578. The molecule has 0 saturated carbocycles. The molecule has 0 N–H and O–H groups in total. The van der Waals surface area contributed by atoms with E-state index in [1.165, 1.54) is 21.2 Å². The van der Waals surface area contributed by atoms with Gasteiger partial charge >= 0.3 is 6.03 Å². The van der Waals surface area contributed by atoms with Gasteiger partial charge in [0, 0.05) is 33.2 Å². The van der Waals surface area contributed by atoms with Crippen LogP contribution in [0.5, 0.6) is 0 Å². The molecule has 0 aliphatic carbocycles. The van der Waals surface area contributed by atoms with Gasteiger partial charge in [-0.3, -0.25) is 14.6 Å². The summed E-state index contributed by atoms with van der Waals surface area (Å²) in [4.78, 5) is 31.8. The highest BCUT2D eigenvalue weighted by molar-refractivity contribution is 6.07. The van der Waals surface area contributed by atoms with Crippen LogP contribution < -0.4 is 0 Å². The maximum atomic E-state index is 13.4. The van der Waals surface area contributed by atoms with E-state index in [1.807, 2.05) is 42.5 Å². The first-order valence-corrected chi connectivity index (χ1v) is 11.6. The number of fused-ring (bicyclic) bond motifs is 1. The topological polar surface area (TPSA) is 43.9 Å². The number of rotatable bonds is 5. The number of amides is 3. The number of nitrogens with zero attached hydrogens (tertiary/aromatic N) is 3. The molecular weight excluding hydrogens is 410 g/mol. The van der Waals surface area contributed by atoms with Crippen LogP contribution in [-0.2, 0) is 11.3 Å². The summed E-state index contributed by atoms with van der Waals surface area (Å²) in [6.45, 7) is 2.74. The van der Waals surface area contributed by atoms with Crippen LogP contribution in [0.1, 0.15) is 24.0 Å². The zero-order valence-corrected chi connectivity index (χ0v) is 19.0. The molecule has 168 valence electrons. The Morgan fingerprint density at radius 2 is 1.58 bits per heavy atom. The Kier molecular flexibility index (Phi) is 5.73. The van der Waals surface area contributed by atoms with E-state index in [1.54, 1.807) is 11.9 Å². The van der Waals surface area contributed by atoms with Crippen LogP contribution in [0.4, 0.5) is 4.79 Å². The fraction of sp³-hybridized carbons (Fsp3) is 0.286. The second-order valence-corrected chi connectivity index (χ2v) is 9.02. The van der Waals surface area contributed by atoms with Gasteiger partial charge in [-0.1, -0.05) is 84.9 Å². The highest BCUT2D eigenvalue weighted by Crippen LogP contribution is 2.36. The normalized spacial score (nSPS) is 18.8. The fourth-order valence-electron chi connectivity index (χ4n) is 5.17. The molecule has 3 amide bonds. The Bertz CT molecular complexity index is 1190. The lowest BCUT2D eigenvalue weighted by Crippen LogP contribution is -2.55. The Morgan fingerprint density at radius 1 is 0.879 bits per heavy atom. The van der Waals surface area contributed by atoms with E-state index < -0.39 is 5.54 Å². The van der Waals surface area contributed by atoms with E-state index in [2.05, 4.69) is 47.4 Å². The van der Waals surface area contributed by atoms with Crippen LogP contribution in [0.3, 0.4) is 0 Å². The van der Waals surface area contributed by atoms with E-state index in [-0.39, 0.29) is 11.9 Å². The average Bonchev–Trinajstić information content (AvgIpc) is 3.02. The molecule has 2 saturated heterocycles.